The topological polar surface area (TPSA) is 32.3 Å². The van der Waals surface area contributed by atoms with Crippen molar-refractivity contribution in [2.75, 3.05) is 26.7 Å². The summed E-state index contributed by atoms with van der Waals surface area (Å²) in [5.74, 6) is -1.30. The number of carbonyl (C=O) groups is 1. The van der Waals surface area contributed by atoms with Gasteiger partial charge in [0.05, 0.1) is 6.54 Å². The minimum absolute atomic E-state index is 0.165. The van der Waals surface area contributed by atoms with E-state index in [1.807, 2.05) is 0 Å². The van der Waals surface area contributed by atoms with E-state index in [9.17, 15) is 9.18 Å². The first kappa shape index (κ1) is 8.62. The Kier molecular flexibility index (Phi) is 2.57. The quantitative estimate of drug-likeness (QED) is 0.457. The molecule has 64 valence electrons. The molecule has 1 fully saturated rings. The van der Waals surface area contributed by atoms with Gasteiger partial charge < -0.3 is 10.1 Å². The highest BCUT2D eigenvalue weighted by Crippen LogP contribution is 2.22. The lowest BCUT2D eigenvalue weighted by molar-refractivity contribution is -0.112. The second-order valence-corrected chi connectivity index (χ2v) is 2.89. The zero-order chi connectivity index (χ0) is 8.32. The molecule has 0 aromatic rings. The number of hydrogen-bond acceptors (Lipinski definition) is 3. The SMILES string of the molecule is CN(CC=O)C1(F)CCNC1. The highest BCUT2D eigenvalue weighted by atomic mass is 19.1. The Hall–Kier alpha value is -0.480. The molecule has 1 N–H and O–H groups in total. The zero-order valence-electron chi connectivity index (χ0n) is 6.64. The van der Waals surface area contributed by atoms with Gasteiger partial charge in [-0.3, -0.25) is 4.90 Å². The molecule has 1 aliphatic rings. The van der Waals surface area contributed by atoms with E-state index in [-0.39, 0.29) is 6.54 Å². The molecule has 1 heterocycles. The Labute approximate surface area is 65.6 Å². The van der Waals surface area contributed by atoms with Crippen molar-refractivity contribution >= 4 is 6.29 Å². The van der Waals surface area contributed by atoms with Gasteiger partial charge in [0.2, 0.25) is 0 Å². The van der Waals surface area contributed by atoms with E-state index in [4.69, 9.17) is 0 Å². The van der Waals surface area contributed by atoms with Crippen molar-refractivity contribution < 1.29 is 9.18 Å². The number of nitrogens with one attached hydrogen (secondary N) is 1. The summed E-state index contributed by atoms with van der Waals surface area (Å²) in [6.07, 6.45) is 1.19. The second kappa shape index (κ2) is 3.28. The van der Waals surface area contributed by atoms with Gasteiger partial charge in [-0.25, -0.2) is 4.39 Å². The summed E-state index contributed by atoms with van der Waals surface area (Å²) in [4.78, 5) is 11.5. The molecule has 1 aliphatic heterocycles. The van der Waals surface area contributed by atoms with E-state index in [1.165, 1.54) is 4.90 Å². The number of aldehydes is 1. The first-order valence-electron chi connectivity index (χ1n) is 3.73. The molecule has 1 atom stereocenters. The fourth-order valence-electron chi connectivity index (χ4n) is 1.25. The summed E-state index contributed by atoms with van der Waals surface area (Å²) < 4.78 is 13.6. The monoisotopic (exact) mass is 160 g/mol. The summed E-state index contributed by atoms with van der Waals surface area (Å²) in [5, 5.41) is 2.92. The van der Waals surface area contributed by atoms with Gasteiger partial charge in [0.25, 0.3) is 0 Å². The summed E-state index contributed by atoms with van der Waals surface area (Å²) in [6, 6.07) is 0. The van der Waals surface area contributed by atoms with E-state index in [0.29, 0.717) is 19.5 Å². The molecule has 0 radical (unpaired) electrons. The highest BCUT2D eigenvalue weighted by Gasteiger charge is 2.37. The van der Waals surface area contributed by atoms with Gasteiger partial charge in [-0.1, -0.05) is 0 Å². The van der Waals surface area contributed by atoms with Crippen LogP contribution >= 0.6 is 0 Å². The molecule has 1 rings (SSSR count). The smallest absolute Gasteiger partial charge is 0.177 e. The minimum atomic E-state index is -1.30. The molecule has 0 amide bonds. The van der Waals surface area contributed by atoms with Crippen LogP contribution in [0.3, 0.4) is 0 Å². The average Bonchev–Trinajstić information content (AvgIpc) is 2.38. The molecule has 0 aliphatic carbocycles. The second-order valence-electron chi connectivity index (χ2n) is 2.89. The zero-order valence-corrected chi connectivity index (χ0v) is 6.64. The van der Waals surface area contributed by atoms with Crippen molar-refractivity contribution in [3.8, 4) is 0 Å². The Morgan fingerprint density at radius 2 is 2.55 bits per heavy atom. The van der Waals surface area contributed by atoms with Crippen molar-refractivity contribution in [3.05, 3.63) is 0 Å². The van der Waals surface area contributed by atoms with Gasteiger partial charge in [-0.2, -0.15) is 0 Å². The first-order chi connectivity index (χ1) is 5.19. The summed E-state index contributed by atoms with van der Waals surface area (Å²) >= 11 is 0. The lowest BCUT2D eigenvalue weighted by atomic mass is 10.2. The fourth-order valence-corrected chi connectivity index (χ4v) is 1.25. The third kappa shape index (κ3) is 1.75. The van der Waals surface area contributed by atoms with Crippen LogP contribution in [0.2, 0.25) is 0 Å². The molecule has 0 saturated carbocycles. The van der Waals surface area contributed by atoms with Gasteiger partial charge in [0, 0.05) is 13.0 Å². The molecule has 0 spiro atoms. The van der Waals surface area contributed by atoms with Crippen molar-refractivity contribution in [2.45, 2.75) is 12.2 Å². The summed E-state index contributed by atoms with van der Waals surface area (Å²) in [5.41, 5.74) is 0. The Morgan fingerprint density at radius 1 is 1.82 bits per heavy atom. The molecule has 11 heavy (non-hydrogen) atoms. The normalized spacial score (nSPS) is 31.2. The summed E-state index contributed by atoms with van der Waals surface area (Å²) in [6.45, 7) is 1.19. The van der Waals surface area contributed by atoms with Gasteiger partial charge >= 0.3 is 0 Å². The van der Waals surface area contributed by atoms with Crippen LogP contribution in [0.4, 0.5) is 4.39 Å². The van der Waals surface area contributed by atoms with E-state index in [2.05, 4.69) is 5.32 Å². The van der Waals surface area contributed by atoms with Crippen LogP contribution in [0, 0.1) is 0 Å². The van der Waals surface area contributed by atoms with Crippen LogP contribution in [0.25, 0.3) is 0 Å². The van der Waals surface area contributed by atoms with E-state index >= 15 is 0 Å². The third-order valence-electron chi connectivity index (χ3n) is 2.11. The van der Waals surface area contributed by atoms with E-state index in [0.717, 1.165) is 6.29 Å². The van der Waals surface area contributed by atoms with Crippen molar-refractivity contribution in [3.63, 3.8) is 0 Å². The van der Waals surface area contributed by atoms with Crippen molar-refractivity contribution in [2.24, 2.45) is 0 Å². The van der Waals surface area contributed by atoms with Crippen molar-refractivity contribution in [1.29, 1.82) is 0 Å². The fraction of sp³-hybridized carbons (Fsp3) is 0.857. The highest BCUT2D eigenvalue weighted by molar-refractivity contribution is 5.52. The first-order valence-corrected chi connectivity index (χ1v) is 3.73. The van der Waals surface area contributed by atoms with Gasteiger partial charge in [0.15, 0.2) is 5.79 Å². The van der Waals surface area contributed by atoms with E-state index in [1.54, 1.807) is 7.05 Å². The maximum atomic E-state index is 13.6. The number of hydrogen-bond donors (Lipinski definition) is 1. The number of alkyl halides is 1. The largest absolute Gasteiger partial charge is 0.312 e. The molecular weight excluding hydrogens is 147 g/mol. The molecule has 0 bridgehead atoms. The standard InChI is InChI=1S/C7H13FN2O/c1-10(4-5-11)7(8)2-3-9-6-7/h5,9H,2-4,6H2,1H3. The van der Waals surface area contributed by atoms with Crippen LogP contribution in [0.1, 0.15) is 6.42 Å². The average molecular weight is 160 g/mol. The van der Waals surface area contributed by atoms with Gasteiger partial charge in [-0.05, 0) is 13.6 Å². The molecule has 0 aromatic carbocycles. The van der Waals surface area contributed by atoms with Crippen LogP contribution < -0.4 is 5.32 Å². The van der Waals surface area contributed by atoms with E-state index < -0.39 is 5.79 Å². The Balaban J connectivity index is 2.48. The van der Waals surface area contributed by atoms with Crippen LogP contribution in [-0.4, -0.2) is 43.7 Å². The van der Waals surface area contributed by atoms with Gasteiger partial charge in [0.1, 0.15) is 6.29 Å². The minimum Gasteiger partial charge on any atom is -0.312 e. The van der Waals surface area contributed by atoms with Crippen LogP contribution in [0.15, 0.2) is 0 Å². The van der Waals surface area contributed by atoms with Crippen molar-refractivity contribution in [1.82, 2.24) is 10.2 Å². The Bertz CT molecular complexity index is 145. The number of rotatable bonds is 3. The lowest BCUT2D eigenvalue weighted by Gasteiger charge is -2.28. The van der Waals surface area contributed by atoms with Crippen LogP contribution in [-0.2, 0) is 4.79 Å². The molecule has 0 aromatic heterocycles. The van der Waals surface area contributed by atoms with Gasteiger partial charge in [-0.15, -0.1) is 0 Å². The predicted molar refractivity (Wildman–Crippen MR) is 40.0 cm³/mol. The predicted octanol–water partition coefficient (Wildman–Crippen LogP) is -0.224. The molecule has 1 saturated heterocycles. The summed E-state index contributed by atoms with van der Waals surface area (Å²) in [7, 11) is 1.63. The maximum absolute atomic E-state index is 13.6. The molecule has 3 nitrogen and oxygen atoms in total. The number of carbonyl (C=O) groups excluding carboxylic acids is 1. The maximum Gasteiger partial charge on any atom is 0.177 e. The molecular formula is C7H13FN2O. The molecule has 4 heteroatoms. The Morgan fingerprint density at radius 3 is 3.00 bits per heavy atom. The van der Waals surface area contributed by atoms with Crippen LogP contribution in [0.5, 0.6) is 0 Å². The number of nitrogens with zero attached hydrogens (tertiary/aromatic N) is 1. The third-order valence-corrected chi connectivity index (χ3v) is 2.11. The lowest BCUT2D eigenvalue weighted by Crippen LogP contribution is -2.45. The number of halogens is 1. The molecule has 1 unspecified atom stereocenters. The number of likely N-dealkylation sites (N-methyl/N-ethyl adjacent to an activating group) is 1.